The molecule has 160 valence electrons. The number of rotatable bonds is 5. The van der Waals surface area contributed by atoms with Crippen molar-refractivity contribution in [2.75, 3.05) is 30.9 Å². The summed E-state index contributed by atoms with van der Waals surface area (Å²) in [5.74, 6) is 0.0963. The Labute approximate surface area is 181 Å². The normalized spacial score (nSPS) is 19.7. The second-order valence-electron chi connectivity index (χ2n) is 8.37. The number of carbonyl (C=O) groups is 2. The first-order chi connectivity index (χ1) is 14.5. The van der Waals surface area contributed by atoms with Gasteiger partial charge in [-0.25, -0.2) is 0 Å². The van der Waals surface area contributed by atoms with Crippen molar-refractivity contribution < 1.29 is 9.59 Å². The van der Waals surface area contributed by atoms with E-state index < -0.39 is 6.04 Å². The van der Waals surface area contributed by atoms with E-state index in [0.29, 0.717) is 18.1 Å². The van der Waals surface area contributed by atoms with Gasteiger partial charge >= 0.3 is 0 Å². The molecule has 2 amide bonds. The molecule has 2 heterocycles. The van der Waals surface area contributed by atoms with Gasteiger partial charge in [-0.15, -0.1) is 10.2 Å². The fourth-order valence-corrected chi connectivity index (χ4v) is 5.12. The topological polar surface area (TPSA) is 78.4 Å². The first-order valence-corrected chi connectivity index (χ1v) is 11.6. The van der Waals surface area contributed by atoms with Crippen molar-refractivity contribution in [2.45, 2.75) is 51.0 Å². The van der Waals surface area contributed by atoms with Crippen LogP contribution in [0, 0.1) is 5.92 Å². The zero-order chi connectivity index (χ0) is 21.1. The lowest BCUT2D eigenvalue weighted by atomic mass is 9.88. The Kier molecular flexibility index (Phi) is 6.32. The standard InChI is InChI=1S/C22H29N5O2S/c1-26(2)17-12-10-15(11-13-17)20-24-25-22(30-20)23-19(28)18-9-6-14-27(18)21(29)16-7-4-3-5-8-16/h10-13,16,18H,3-9,14H2,1-2H3,(H,23,25,28). The SMILES string of the molecule is CN(C)c1ccc(-c2nnc(NC(=O)C3CCCN3C(=O)C3CCCCC3)s2)cc1. The average Bonchev–Trinajstić information content (AvgIpc) is 3.44. The molecule has 4 rings (SSSR count). The van der Waals surface area contributed by atoms with E-state index in [-0.39, 0.29) is 17.7 Å². The van der Waals surface area contributed by atoms with Crippen LogP contribution in [0.3, 0.4) is 0 Å². The van der Waals surface area contributed by atoms with E-state index in [0.717, 1.165) is 48.4 Å². The quantitative estimate of drug-likeness (QED) is 0.786. The number of amides is 2. The van der Waals surface area contributed by atoms with Crippen molar-refractivity contribution in [1.29, 1.82) is 0 Å². The van der Waals surface area contributed by atoms with Crippen LogP contribution >= 0.6 is 11.3 Å². The van der Waals surface area contributed by atoms with Crippen molar-refractivity contribution in [3.8, 4) is 10.6 Å². The Hall–Kier alpha value is -2.48. The largest absolute Gasteiger partial charge is 0.378 e. The molecule has 1 saturated carbocycles. The minimum Gasteiger partial charge on any atom is -0.378 e. The maximum atomic E-state index is 12.9. The van der Waals surface area contributed by atoms with Crippen LogP contribution in [-0.2, 0) is 9.59 Å². The summed E-state index contributed by atoms with van der Waals surface area (Å²) in [7, 11) is 4.00. The molecule has 1 unspecified atom stereocenters. The highest BCUT2D eigenvalue weighted by Crippen LogP contribution is 2.31. The second-order valence-corrected chi connectivity index (χ2v) is 9.35. The van der Waals surface area contributed by atoms with Gasteiger partial charge in [0.1, 0.15) is 11.0 Å². The molecule has 2 aromatic rings. The predicted molar refractivity (Wildman–Crippen MR) is 120 cm³/mol. The van der Waals surface area contributed by atoms with Crippen LogP contribution in [0.25, 0.3) is 10.6 Å². The molecule has 1 N–H and O–H groups in total. The number of carbonyl (C=O) groups excluding carboxylic acids is 2. The smallest absolute Gasteiger partial charge is 0.249 e. The second kappa shape index (κ2) is 9.12. The average molecular weight is 428 g/mol. The van der Waals surface area contributed by atoms with Crippen LogP contribution in [0.1, 0.15) is 44.9 Å². The number of hydrogen-bond acceptors (Lipinski definition) is 6. The minimum atomic E-state index is -0.397. The van der Waals surface area contributed by atoms with Crippen molar-refractivity contribution in [2.24, 2.45) is 5.92 Å². The third-order valence-electron chi connectivity index (χ3n) is 6.08. The summed E-state index contributed by atoms with van der Waals surface area (Å²) >= 11 is 1.35. The van der Waals surface area contributed by atoms with E-state index in [1.807, 2.05) is 43.3 Å². The molecule has 1 aromatic carbocycles. The van der Waals surface area contributed by atoms with E-state index in [1.165, 1.54) is 17.8 Å². The molecule has 0 bridgehead atoms. The first-order valence-electron chi connectivity index (χ1n) is 10.8. The molecule has 1 aliphatic carbocycles. The van der Waals surface area contributed by atoms with E-state index in [1.54, 1.807) is 4.90 Å². The van der Waals surface area contributed by atoms with Gasteiger partial charge in [0, 0.05) is 37.8 Å². The molecule has 1 saturated heterocycles. The molecular weight excluding hydrogens is 398 g/mol. The highest BCUT2D eigenvalue weighted by molar-refractivity contribution is 7.18. The molecule has 1 aromatic heterocycles. The Morgan fingerprint density at radius 2 is 1.77 bits per heavy atom. The van der Waals surface area contributed by atoms with Gasteiger partial charge in [-0.3, -0.25) is 14.9 Å². The summed E-state index contributed by atoms with van der Waals surface area (Å²) in [5, 5.41) is 12.5. The Morgan fingerprint density at radius 1 is 1.03 bits per heavy atom. The van der Waals surface area contributed by atoms with Crippen molar-refractivity contribution >= 4 is 34.0 Å². The summed E-state index contributed by atoms with van der Waals surface area (Å²) in [6.07, 6.45) is 6.93. The number of benzene rings is 1. The fourth-order valence-electron chi connectivity index (χ4n) is 4.37. The molecule has 1 aliphatic heterocycles. The van der Waals surface area contributed by atoms with E-state index in [2.05, 4.69) is 15.5 Å². The van der Waals surface area contributed by atoms with Gasteiger partial charge in [-0.1, -0.05) is 30.6 Å². The third-order valence-corrected chi connectivity index (χ3v) is 6.97. The number of nitrogens with one attached hydrogen (secondary N) is 1. The maximum Gasteiger partial charge on any atom is 0.249 e. The van der Waals surface area contributed by atoms with E-state index in [9.17, 15) is 9.59 Å². The highest BCUT2D eigenvalue weighted by atomic mass is 32.1. The molecule has 2 fully saturated rings. The van der Waals surface area contributed by atoms with Crippen LogP contribution in [0.4, 0.5) is 10.8 Å². The van der Waals surface area contributed by atoms with Crippen LogP contribution in [0.5, 0.6) is 0 Å². The van der Waals surface area contributed by atoms with Crippen molar-refractivity contribution in [3.63, 3.8) is 0 Å². The molecule has 8 heteroatoms. The summed E-state index contributed by atoms with van der Waals surface area (Å²) in [4.78, 5) is 29.7. The number of hydrogen-bond donors (Lipinski definition) is 1. The summed E-state index contributed by atoms with van der Waals surface area (Å²) < 4.78 is 0. The van der Waals surface area contributed by atoms with E-state index in [4.69, 9.17) is 0 Å². The Balaban J connectivity index is 1.40. The lowest BCUT2D eigenvalue weighted by Crippen LogP contribution is -2.46. The molecule has 30 heavy (non-hydrogen) atoms. The summed E-state index contributed by atoms with van der Waals surface area (Å²) in [6.45, 7) is 0.674. The van der Waals surface area contributed by atoms with Gasteiger partial charge in [0.05, 0.1) is 0 Å². The lowest BCUT2D eigenvalue weighted by molar-refractivity contribution is -0.141. The van der Waals surface area contributed by atoms with Gasteiger partial charge < -0.3 is 9.80 Å². The monoisotopic (exact) mass is 427 g/mol. The Bertz CT molecular complexity index is 889. The molecule has 7 nitrogen and oxygen atoms in total. The summed E-state index contributed by atoms with van der Waals surface area (Å²) in [6, 6.07) is 7.67. The van der Waals surface area contributed by atoms with Gasteiger partial charge in [0.15, 0.2) is 0 Å². The third kappa shape index (κ3) is 4.48. The zero-order valence-corrected chi connectivity index (χ0v) is 18.5. The van der Waals surface area contributed by atoms with Gasteiger partial charge in [-0.2, -0.15) is 0 Å². The van der Waals surface area contributed by atoms with Gasteiger partial charge in [0.2, 0.25) is 16.9 Å². The molecular formula is C22H29N5O2S. The summed E-state index contributed by atoms with van der Waals surface area (Å²) in [5.41, 5.74) is 2.08. The number of anilines is 2. The van der Waals surface area contributed by atoms with Crippen LogP contribution < -0.4 is 10.2 Å². The maximum absolute atomic E-state index is 12.9. The molecule has 1 atom stereocenters. The van der Waals surface area contributed by atoms with E-state index >= 15 is 0 Å². The van der Waals surface area contributed by atoms with Crippen molar-refractivity contribution in [3.05, 3.63) is 24.3 Å². The fraction of sp³-hybridized carbons (Fsp3) is 0.545. The van der Waals surface area contributed by atoms with Crippen LogP contribution in [0.2, 0.25) is 0 Å². The lowest BCUT2D eigenvalue weighted by Gasteiger charge is -2.29. The van der Waals surface area contributed by atoms with Crippen LogP contribution in [0.15, 0.2) is 24.3 Å². The van der Waals surface area contributed by atoms with Gasteiger partial charge in [0.25, 0.3) is 0 Å². The molecule has 0 radical (unpaired) electrons. The molecule has 2 aliphatic rings. The minimum absolute atomic E-state index is 0.0884. The van der Waals surface area contributed by atoms with Crippen molar-refractivity contribution in [1.82, 2.24) is 15.1 Å². The first kappa shape index (κ1) is 20.8. The number of aromatic nitrogens is 2. The number of likely N-dealkylation sites (tertiary alicyclic amines) is 1. The number of nitrogens with zero attached hydrogens (tertiary/aromatic N) is 4. The highest BCUT2D eigenvalue weighted by Gasteiger charge is 2.37. The van der Waals surface area contributed by atoms with Crippen LogP contribution in [-0.4, -0.2) is 53.6 Å². The molecule has 0 spiro atoms. The zero-order valence-electron chi connectivity index (χ0n) is 17.6. The predicted octanol–water partition coefficient (Wildman–Crippen LogP) is 3.78. The Morgan fingerprint density at radius 3 is 2.47 bits per heavy atom. The van der Waals surface area contributed by atoms with Gasteiger partial charge in [-0.05, 0) is 49.9 Å².